The van der Waals surface area contributed by atoms with E-state index in [1.54, 1.807) is 12.1 Å². The standard InChI is InChI=1S/C24H24N2O5S/c27-24(18-31-23-9-5-4-8-22(23)19-6-2-1-3-7-19)25-20-10-12-21(13-11-20)32(28,29)26-14-16-30-17-15-26/h1-13H,14-18H2,(H,25,27). The SMILES string of the molecule is O=C(COc1ccccc1-c1ccccc1)Nc1ccc(S(=O)(=O)N2CCOCC2)cc1. The van der Waals surface area contributed by atoms with E-state index in [1.807, 2.05) is 54.6 Å². The molecular weight excluding hydrogens is 428 g/mol. The lowest BCUT2D eigenvalue weighted by atomic mass is 10.1. The van der Waals surface area contributed by atoms with Gasteiger partial charge in [0.05, 0.1) is 18.1 Å². The number of anilines is 1. The number of hydrogen-bond acceptors (Lipinski definition) is 5. The number of benzene rings is 3. The molecule has 1 aliphatic rings. The smallest absolute Gasteiger partial charge is 0.262 e. The van der Waals surface area contributed by atoms with Crippen molar-refractivity contribution in [3.63, 3.8) is 0 Å². The summed E-state index contributed by atoms with van der Waals surface area (Å²) in [4.78, 5) is 12.6. The van der Waals surface area contributed by atoms with Gasteiger partial charge in [-0.2, -0.15) is 4.31 Å². The van der Waals surface area contributed by atoms with Crippen molar-refractivity contribution in [2.75, 3.05) is 38.2 Å². The normalized spacial score (nSPS) is 14.6. The van der Waals surface area contributed by atoms with Crippen molar-refractivity contribution in [2.45, 2.75) is 4.90 Å². The molecule has 7 nitrogen and oxygen atoms in total. The van der Waals surface area contributed by atoms with Crippen molar-refractivity contribution in [3.8, 4) is 16.9 Å². The van der Waals surface area contributed by atoms with Gasteiger partial charge in [-0.25, -0.2) is 8.42 Å². The number of hydrogen-bond donors (Lipinski definition) is 1. The molecule has 4 rings (SSSR count). The lowest BCUT2D eigenvalue weighted by molar-refractivity contribution is -0.118. The van der Waals surface area contributed by atoms with Gasteiger partial charge in [-0.15, -0.1) is 0 Å². The predicted molar refractivity (Wildman–Crippen MR) is 122 cm³/mol. The van der Waals surface area contributed by atoms with Gasteiger partial charge in [-0.3, -0.25) is 4.79 Å². The molecule has 0 spiro atoms. The van der Waals surface area contributed by atoms with Gasteiger partial charge in [-0.05, 0) is 35.9 Å². The van der Waals surface area contributed by atoms with E-state index in [4.69, 9.17) is 9.47 Å². The number of rotatable bonds is 7. The molecule has 0 aromatic heterocycles. The summed E-state index contributed by atoms with van der Waals surface area (Å²) >= 11 is 0. The Balaban J connectivity index is 1.37. The summed E-state index contributed by atoms with van der Waals surface area (Å²) in [5, 5.41) is 2.74. The lowest BCUT2D eigenvalue weighted by Gasteiger charge is -2.26. The molecule has 1 heterocycles. The molecule has 1 N–H and O–H groups in total. The first-order chi connectivity index (χ1) is 15.5. The summed E-state index contributed by atoms with van der Waals surface area (Å²) in [6.45, 7) is 1.28. The van der Waals surface area contributed by atoms with Crippen molar-refractivity contribution in [1.29, 1.82) is 0 Å². The van der Waals surface area contributed by atoms with Crippen LogP contribution in [0.2, 0.25) is 0 Å². The molecule has 0 saturated carbocycles. The van der Waals surface area contributed by atoms with Gasteiger partial charge in [-0.1, -0.05) is 48.5 Å². The molecule has 3 aromatic rings. The molecular formula is C24H24N2O5S. The molecule has 1 fully saturated rings. The first-order valence-corrected chi connectivity index (χ1v) is 11.7. The molecule has 0 aliphatic carbocycles. The van der Waals surface area contributed by atoms with Crippen LogP contribution in [0.5, 0.6) is 5.75 Å². The maximum Gasteiger partial charge on any atom is 0.262 e. The molecule has 1 amide bonds. The molecule has 32 heavy (non-hydrogen) atoms. The highest BCUT2D eigenvalue weighted by molar-refractivity contribution is 7.89. The number of ether oxygens (including phenoxy) is 2. The molecule has 0 radical (unpaired) electrons. The highest BCUT2D eigenvalue weighted by atomic mass is 32.2. The Morgan fingerprint density at radius 2 is 1.56 bits per heavy atom. The maximum absolute atomic E-state index is 12.7. The third-order valence-corrected chi connectivity index (χ3v) is 6.99. The van der Waals surface area contributed by atoms with Crippen molar-refractivity contribution in [1.82, 2.24) is 4.31 Å². The molecule has 1 saturated heterocycles. The minimum Gasteiger partial charge on any atom is -0.483 e. The zero-order valence-electron chi connectivity index (χ0n) is 17.4. The van der Waals surface area contributed by atoms with E-state index in [2.05, 4.69) is 5.32 Å². The monoisotopic (exact) mass is 452 g/mol. The van der Waals surface area contributed by atoms with Crippen molar-refractivity contribution >= 4 is 21.6 Å². The van der Waals surface area contributed by atoms with Gasteiger partial charge in [0.15, 0.2) is 6.61 Å². The van der Waals surface area contributed by atoms with Crippen LogP contribution in [0.3, 0.4) is 0 Å². The highest BCUT2D eigenvalue weighted by Gasteiger charge is 2.26. The number of sulfonamides is 1. The van der Waals surface area contributed by atoms with E-state index < -0.39 is 10.0 Å². The second-order valence-corrected chi connectivity index (χ2v) is 9.18. The van der Waals surface area contributed by atoms with Gasteiger partial charge in [0.1, 0.15) is 5.75 Å². The fraction of sp³-hybridized carbons (Fsp3) is 0.208. The quantitative estimate of drug-likeness (QED) is 0.594. The van der Waals surface area contributed by atoms with Gasteiger partial charge in [0.2, 0.25) is 10.0 Å². The van der Waals surface area contributed by atoms with Gasteiger partial charge < -0.3 is 14.8 Å². The summed E-state index contributed by atoms with van der Waals surface area (Å²) in [6.07, 6.45) is 0. The Morgan fingerprint density at radius 1 is 0.906 bits per heavy atom. The zero-order chi connectivity index (χ0) is 22.4. The number of nitrogens with zero attached hydrogens (tertiary/aromatic N) is 1. The van der Waals surface area contributed by atoms with Crippen LogP contribution in [0, 0.1) is 0 Å². The second kappa shape index (κ2) is 9.95. The average Bonchev–Trinajstić information content (AvgIpc) is 2.84. The van der Waals surface area contributed by atoms with Crippen LogP contribution in [-0.2, 0) is 19.6 Å². The Morgan fingerprint density at radius 3 is 2.28 bits per heavy atom. The molecule has 0 bridgehead atoms. The highest BCUT2D eigenvalue weighted by Crippen LogP contribution is 2.29. The molecule has 8 heteroatoms. The zero-order valence-corrected chi connectivity index (χ0v) is 18.3. The van der Waals surface area contributed by atoms with Crippen molar-refractivity contribution in [3.05, 3.63) is 78.9 Å². The van der Waals surface area contributed by atoms with Crippen LogP contribution in [0.1, 0.15) is 0 Å². The lowest BCUT2D eigenvalue weighted by Crippen LogP contribution is -2.40. The molecule has 0 unspecified atom stereocenters. The van der Waals surface area contributed by atoms with Crippen LogP contribution in [0.15, 0.2) is 83.8 Å². The third-order valence-electron chi connectivity index (χ3n) is 5.08. The van der Waals surface area contributed by atoms with Crippen molar-refractivity contribution < 1.29 is 22.7 Å². The number of amides is 1. The van der Waals surface area contributed by atoms with Crippen molar-refractivity contribution in [2.24, 2.45) is 0 Å². The summed E-state index contributed by atoms with van der Waals surface area (Å²) in [7, 11) is -3.57. The van der Waals surface area contributed by atoms with Crippen LogP contribution in [-0.4, -0.2) is 51.5 Å². The number of para-hydroxylation sites is 1. The number of carbonyl (C=O) groups is 1. The van der Waals surface area contributed by atoms with Gasteiger partial charge >= 0.3 is 0 Å². The van der Waals surface area contributed by atoms with Crippen LogP contribution in [0.4, 0.5) is 5.69 Å². The van der Waals surface area contributed by atoms with E-state index in [-0.39, 0.29) is 17.4 Å². The minimum absolute atomic E-state index is 0.169. The minimum atomic E-state index is -3.57. The Bertz CT molecular complexity index is 1160. The maximum atomic E-state index is 12.7. The Kier molecular flexibility index (Phi) is 6.84. The summed E-state index contributed by atoms with van der Waals surface area (Å²) in [6, 6.07) is 23.5. The molecule has 1 aliphatic heterocycles. The number of morpholine rings is 1. The van der Waals surface area contributed by atoms with Gasteiger partial charge in [0, 0.05) is 24.3 Å². The fourth-order valence-corrected chi connectivity index (χ4v) is 4.84. The largest absolute Gasteiger partial charge is 0.483 e. The molecule has 3 aromatic carbocycles. The molecule has 166 valence electrons. The van der Waals surface area contributed by atoms with E-state index in [0.717, 1.165) is 11.1 Å². The Hall–Kier alpha value is -3.20. The number of carbonyl (C=O) groups excluding carboxylic acids is 1. The average molecular weight is 453 g/mol. The van der Waals surface area contributed by atoms with Gasteiger partial charge in [0.25, 0.3) is 5.91 Å². The Labute approximate surface area is 187 Å². The first kappa shape index (κ1) is 22.0. The first-order valence-electron chi connectivity index (χ1n) is 10.3. The summed E-state index contributed by atoms with van der Waals surface area (Å²) in [5.74, 6) is 0.275. The fourth-order valence-electron chi connectivity index (χ4n) is 3.44. The summed E-state index contributed by atoms with van der Waals surface area (Å²) < 4.78 is 37.8. The van der Waals surface area contributed by atoms with Crippen LogP contribution < -0.4 is 10.1 Å². The van der Waals surface area contributed by atoms with E-state index in [0.29, 0.717) is 37.7 Å². The second-order valence-electron chi connectivity index (χ2n) is 7.24. The topological polar surface area (TPSA) is 84.9 Å². The number of nitrogens with one attached hydrogen (secondary N) is 1. The van der Waals surface area contributed by atoms with E-state index in [9.17, 15) is 13.2 Å². The van der Waals surface area contributed by atoms with E-state index >= 15 is 0 Å². The third kappa shape index (κ3) is 5.16. The predicted octanol–water partition coefficient (Wildman–Crippen LogP) is 3.39. The molecule has 0 atom stereocenters. The van der Waals surface area contributed by atoms with Crippen LogP contribution in [0.25, 0.3) is 11.1 Å². The summed E-state index contributed by atoms with van der Waals surface area (Å²) in [5.41, 5.74) is 2.40. The van der Waals surface area contributed by atoms with E-state index in [1.165, 1.54) is 16.4 Å². The van der Waals surface area contributed by atoms with Crippen LogP contribution >= 0.6 is 0 Å².